The molecule has 1 atom stereocenters. The van der Waals surface area contributed by atoms with Crippen LogP contribution in [-0.4, -0.2) is 10.9 Å². The van der Waals surface area contributed by atoms with Crippen LogP contribution in [0.1, 0.15) is 38.5 Å². The smallest absolute Gasteiger partial charge is 0.163 e. The lowest BCUT2D eigenvalue weighted by molar-refractivity contribution is -0.118. The van der Waals surface area contributed by atoms with E-state index in [1.165, 1.54) is 0 Å². The molecule has 3 N–H and O–H groups in total. The molecule has 2 aromatic rings. The van der Waals surface area contributed by atoms with Gasteiger partial charge in [0.1, 0.15) is 23.2 Å². The summed E-state index contributed by atoms with van der Waals surface area (Å²) in [6.07, 6.45) is 2.84. The molecule has 1 aromatic heterocycles. The van der Waals surface area contributed by atoms with Gasteiger partial charge in [-0.2, -0.15) is 0 Å². The molecular formula is C19H20N2O3. The van der Waals surface area contributed by atoms with E-state index in [1.54, 1.807) is 18.4 Å². The third-order valence-electron chi connectivity index (χ3n) is 4.65. The topological polar surface area (TPSA) is 74.5 Å². The Morgan fingerprint density at radius 3 is 2.79 bits per heavy atom. The van der Waals surface area contributed by atoms with Crippen molar-refractivity contribution in [2.75, 3.05) is 10.6 Å². The quantitative estimate of drug-likeness (QED) is 0.685. The molecule has 4 rings (SSSR count). The third-order valence-corrected chi connectivity index (χ3v) is 4.65. The Balaban J connectivity index is 1.91. The Hall–Kier alpha value is -2.69. The average Bonchev–Trinajstić information content (AvgIpc) is 2.96. The molecule has 1 aliphatic heterocycles. The van der Waals surface area contributed by atoms with Gasteiger partial charge >= 0.3 is 0 Å². The lowest BCUT2D eigenvalue weighted by Gasteiger charge is -2.33. The third kappa shape index (κ3) is 2.37. The number of ketones is 1. The molecule has 0 spiro atoms. The molecule has 24 heavy (non-hydrogen) atoms. The van der Waals surface area contributed by atoms with E-state index >= 15 is 0 Å². The van der Waals surface area contributed by atoms with Crippen molar-refractivity contribution in [3.63, 3.8) is 0 Å². The fourth-order valence-electron chi connectivity index (χ4n) is 3.62. The van der Waals surface area contributed by atoms with Crippen LogP contribution in [0.4, 0.5) is 11.4 Å². The zero-order valence-corrected chi connectivity index (χ0v) is 13.7. The van der Waals surface area contributed by atoms with Gasteiger partial charge in [0.15, 0.2) is 5.78 Å². The van der Waals surface area contributed by atoms with Crippen LogP contribution >= 0.6 is 0 Å². The fourth-order valence-corrected chi connectivity index (χ4v) is 3.62. The molecule has 0 bridgehead atoms. The molecule has 5 nitrogen and oxygen atoms in total. The summed E-state index contributed by atoms with van der Waals surface area (Å²) in [6.45, 7) is 4.17. The molecule has 1 unspecified atom stereocenters. The van der Waals surface area contributed by atoms with E-state index in [0.29, 0.717) is 23.4 Å². The van der Waals surface area contributed by atoms with Gasteiger partial charge in [0.25, 0.3) is 0 Å². The van der Waals surface area contributed by atoms with Crippen molar-refractivity contribution in [2.45, 2.75) is 32.7 Å². The van der Waals surface area contributed by atoms with Crippen molar-refractivity contribution in [2.24, 2.45) is 5.41 Å². The lowest BCUT2D eigenvalue weighted by Crippen LogP contribution is -2.31. The van der Waals surface area contributed by atoms with Crippen molar-refractivity contribution in [3.05, 3.63) is 53.6 Å². The minimum atomic E-state index is -0.367. The van der Waals surface area contributed by atoms with Crippen molar-refractivity contribution in [1.29, 1.82) is 0 Å². The molecule has 5 heteroatoms. The molecule has 1 aromatic carbocycles. The first-order valence-corrected chi connectivity index (χ1v) is 8.10. The highest BCUT2D eigenvalue weighted by atomic mass is 16.3. The largest absolute Gasteiger partial charge is 0.506 e. The first kappa shape index (κ1) is 14.9. The maximum atomic E-state index is 12.9. The van der Waals surface area contributed by atoms with Gasteiger partial charge in [-0.05, 0) is 36.1 Å². The predicted molar refractivity (Wildman–Crippen MR) is 91.8 cm³/mol. The summed E-state index contributed by atoms with van der Waals surface area (Å²) >= 11 is 0. The van der Waals surface area contributed by atoms with Crippen LogP contribution in [0.25, 0.3) is 0 Å². The summed E-state index contributed by atoms with van der Waals surface area (Å²) in [5.74, 6) is 0.950. The Bertz CT molecular complexity index is 834. The van der Waals surface area contributed by atoms with E-state index in [-0.39, 0.29) is 23.0 Å². The summed E-state index contributed by atoms with van der Waals surface area (Å²) < 4.78 is 5.58. The standard InChI is InChI=1S/C19H20N2O3/c1-19(2)9-12-16(14(23)10-19)18(15-7-4-8-24-15)20-11-5-3-6-13(22)17(11)21-12/h3-8,18,20-22H,9-10H2,1-2H3. The average molecular weight is 324 g/mol. The normalized spacial score (nSPS) is 22.1. The molecule has 124 valence electrons. The first-order chi connectivity index (χ1) is 11.4. The molecular weight excluding hydrogens is 304 g/mol. The number of phenolic OH excluding ortho intramolecular Hbond substituents is 1. The second-order valence-corrected chi connectivity index (χ2v) is 7.25. The van der Waals surface area contributed by atoms with Gasteiger partial charge in [-0.15, -0.1) is 0 Å². The van der Waals surface area contributed by atoms with Gasteiger partial charge in [0, 0.05) is 17.7 Å². The number of benzene rings is 1. The molecule has 0 saturated heterocycles. The lowest BCUT2D eigenvalue weighted by atomic mass is 9.74. The number of hydrogen-bond acceptors (Lipinski definition) is 5. The SMILES string of the molecule is CC1(C)CC(=O)C2=C(C1)Nc1c(O)cccc1NC2c1ccco1. The van der Waals surface area contributed by atoms with Gasteiger partial charge < -0.3 is 20.2 Å². The number of Topliss-reactive ketones (excluding diaryl/α,β-unsaturated/α-hetero) is 1. The molecule has 0 fully saturated rings. The van der Waals surface area contributed by atoms with Crippen molar-refractivity contribution >= 4 is 17.2 Å². The minimum Gasteiger partial charge on any atom is -0.506 e. The van der Waals surface area contributed by atoms with E-state index in [0.717, 1.165) is 17.8 Å². The number of rotatable bonds is 1. The summed E-state index contributed by atoms with van der Waals surface area (Å²) in [5.41, 5.74) is 2.78. The number of carbonyl (C=O) groups excluding carboxylic acids is 1. The fraction of sp³-hybridized carbons (Fsp3) is 0.316. The number of nitrogens with one attached hydrogen (secondary N) is 2. The van der Waals surface area contributed by atoms with Gasteiger partial charge in [-0.3, -0.25) is 4.79 Å². The van der Waals surface area contributed by atoms with Crippen LogP contribution in [0.2, 0.25) is 0 Å². The molecule has 2 aliphatic rings. The monoisotopic (exact) mass is 324 g/mol. The Morgan fingerprint density at radius 2 is 2.04 bits per heavy atom. The van der Waals surface area contributed by atoms with E-state index in [4.69, 9.17) is 4.42 Å². The molecule has 0 amide bonds. The predicted octanol–water partition coefficient (Wildman–Crippen LogP) is 4.21. The van der Waals surface area contributed by atoms with Crippen LogP contribution in [0.3, 0.4) is 0 Å². The van der Waals surface area contributed by atoms with Crippen LogP contribution in [0.15, 0.2) is 52.3 Å². The summed E-state index contributed by atoms with van der Waals surface area (Å²) in [6, 6.07) is 8.61. The number of fused-ring (bicyclic) bond motifs is 1. The minimum absolute atomic E-state index is 0.106. The maximum Gasteiger partial charge on any atom is 0.163 e. The van der Waals surface area contributed by atoms with E-state index in [9.17, 15) is 9.90 Å². The molecule has 0 saturated carbocycles. The molecule has 1 aliphatic carbocycles. The van der Waals surface area contributed by atoms with Crippen LogP contribution in [0, 0.1) is 5.41 Å². The number of carbonyl (C=O) groups is 1. The number of allylic oxidation sites excluding steroid dienone is 1. The number of para-hydroxylation sites is 1. The summed E-state index contributed by atoms with van der Waals surface area (Å²) in [5, 5.41) is 16.9. The van der Waals surface area contributed by atoms with E-state index in [2.05, 4.69) is 24.5 Å². The first-order valence-electron chi connectivity index (χ1n) is 8.10. The van der Waals surface area contributed by atoms with Gasteiger partial charge in [0.2, 0.25) is 0 Å². The summed E-state index contributed by atoms with van der Waals surface area (Å²) in [7, 11) is 0. The van der Waals surface area contributed by atoms with Crippen molar-refractivity contribution < 1.29 is 14.3 Å². The highest BCUT2D eigenvalue weighted by Gasteiger charge is 2.39. The van der Waals surface area contributed by atoms with Crippen LogP contribution < -0.4 is 10.6 Å². The van der Waals surface area contributed by atoms with Crippen LogP contribution in [-0.2, 0) is 4.79 Å². The Morgan fingerprint density at radius 1 is 1.21 bits per heavy atom. The molecule has 0 radical (unpaired) electrons. The number of anilines is 2. The highest BCUT2D eigenvalue weighted by molar-refractivity contribution is 6.01. The van der Waals surface area contributed by atoms with E-state index < -0.39 is 0 Å². The number of furan rings is 1. The Labute approximate surface area is 140 Å². The van der Waals surface area contributed by atoms with Crippen molar-refractivity contribution in [1.82, 2.24) is 0 Å². The zero-order chi connectivity index (χ0) is 16.9. The second kappa shape index (κ2) is 5.16. The van der Waals surface area contributed by atoms with Crippen molar-refractivity contribution in [3.8, 4) is 5.75 Å². The number of hydrogen-bond donors (Lipinski definition) is 3. The highest BCUT2D eigenvalue weighted by Crippen LogP contribution is 2.47. The maximum absolute atomic E-state index is 12.9. The Kier molecular flexibility index (Phi) is 3.20. The summed E-state index contributed by atoms with van der Waals surface area (Å²) in [4.78, 5) is 12.9. The van der Waals surface area contributed by atoms with Gasteiger partial charge in [-0.1, -0.05) is 19.9 Å². The van der Waals surface area contributed by atoms with E-state index in [1.807, 2.05) is 18.2 Å². The second-order valence-electron chi connectivity index (χ2n) is 7.25. The van der Waals surface area contributed by atoms with Gasteiger partial charge in [-0.25, -0.2) is 0 Å². The zero-order valence-electron chi connectivity index (χ0n) is 13.7. The molecule has 2 heterocycles. The number of aromatic hydroxyl groups is 1. The van der Waals surface area contributed by atoms with Crippen LogP contribution in [0.5, 0.6) is 5.75 Å². The van der Waals surface area contributed by atoms with Gasteiger partial charge in [0.05, 0.1) is 12.0 Å². The number of phenols is 1.